The van der Waals surface area contributed by atoms with Crippen molar-refractivity contribution in [2.24, 2.45) is 5.92 Å². The van der Waals surface area contributed by atoms with E-state index < -0.39 is 0 Å². The largest absolute Gasteiger partial charge is 0.379 e. The van der Waals surface area contributed by atoms with E-state index in [4.69, 9.17) is 4.74 Å². The van der Waals surface area contributed by atoms with Crippen molar-refractivity contribution in [2.75, 3.05) is 40.4 Å². The number of nitrogens with zero attached hydrogens (tertiary/aromatic N) is 1. The number of hydrogen-bond acceptors (Lipinski definition) is 3. The van der Waals surface area contributed by atoms with Crippen LogP contribution in [0.15, 0.2) is 0 Å². The van der Waals surface area contributed by atoms with Gasteiger partial charge < -0.3 is 15.0 Å². The van der Waals surface area contributed by atoms with Gasteiger partial charge in [0.1, 0.15) is 0 Å². The zero-order valence-electron chi connectivity index (χ0n) is 9.49. The summed E-state index contributed by atoms with van der Waals surface area (Å²) in [6.07, 6.45) is 2.63. The molecule has 15 heavy (non-hydrogen) atoms. The Morgan fingerprint density at radius 1 is 1.53 bits per heavy atom. The third-order valence-corrected chi connectivity index (χ3v) is 2.38. The number of amides is 1. The van der Waals surface area contributed by atoms with Crippen LogP contribution in [0.1, 0.15) is 12.8 Å². The lowest BCUT2D eigenvalue weighted by molar-refractivity contribution is -0.129. The Morgan fingerprint density at radius 3 is 2.73 bits per heavy atom. The van der Waals surface area contributed by atoms with Gasteiger partial charge in [0, 0.05) is 20.2 Å². The number of likely N-dealkylation sites (N-methyl/N-ethyl adjacent to an activating group) is 2. The van der Waals surface area contributed by atoms with Crippen molar-refractivity contribution in [3.63, 3.8) is 0 Å². The Balaban J connectivity index is 0.00000196. The van der Waals surface area contributed by atoms with E-state index in [-0.39, 0.29) is 18.3 Å². The Labute approximate surface area is 97.8 Å². The first-order valence-electron chi connectivity index (χ1n) is 5.20. The number of hydrogen-bond donors (Lipinski definition) is 1. The molecule has 1 fully saturated rings. The molecule has 0 aromatic rings. The average Bonchev–Trinajstić information content (AvgIpc) is 2.96. The van der Waals surface area contributed by atoms with Gasteiger partial charge in [0.15, 0.2) is 0 Å². The summed E-state index contributed by atoms with van der Waals surface area (Å²) < 4.78 is 5.44. The third kappa shape index (κ3) is 6.71. The Morgan fingerprint density at radius 2 is 2.20 bits per heavy atom. The van der Waals surface area contributed by atoms with Gasteiger partial charge in [-0.25, -0.2) is 0 Å². The highest BCUT2D eigenvalue weighted by Crippen LogP contribution is 2.28. The van der Waals surface area contributed by atoms with Crippen LogP contribution in [-0.2, 0) is 9.53 Å². The first-order chi connectivity index (χ1) is 6.74. The summed E-state index contributed by atoms with van der Waals surface area (Å²) >= 11 is 0. The lowest BCUT2D eigenvalue weighted by Gasteiger charge is -2.16. The molecule has 0 atom stereocenters. The van der Waals surface area contributed by atoms with Crippen LogP contribution in [0.25, 0.3) is 0 Å². The molecule has 90 valence electrons. The van der Waals surface area contributed by atoms with Crippen molar-refractivity contribution in [1.82, 2.24) is 10.2 Å². The highest BCUT2D eigenvalue weighted by Gasteiger charge is 2.21. The van der Waals surface area contributed by atoms with Crippen molar-refractivity contribution in [3.05, 3.63) is 0 Å². The Bertz CT molecular complexity index is 186. The summed E-state index contributed by atoms with van der Waals surface area (Å²) in [6.45, 7) is 2.61. The van der Waals surface area contributed by atoms with Crippen LogP contribution < -0.4 is 5.32 Å². The van der Waals surface area contributed by atoms with E-state index in [1.807, 2.05) is 0 Å². The van der Waals surface area contributed by atoms with Crippen LogP contribution in [0.2, 0.25) is 0 Å². The second-order valence-electron chi connectivity index (χ2n) is 3.86. The molecule has 1 aliphatic carbocycles. The maximum Gasteiger partial charge on any atom is 0.236 e. The molecule has 0 radical (unpaired) electrons. The lowest BCUT2D eigenvalue weighted by Crippen LogP contribution is -2.36. The molecule has 1 N–H and O–H groups in total. The molecule has 0 unspecified atom stereocenters. The number of carbonyl (C=O) groups is 1. The summed E-state index contributed by atoms with van der Waals surface area (Å²) in [7, 11) is 3.58. The predicted molar refractivity (Wildman–Crippen MR) is 62.4 cm³/mol. The normalized spacial score (nSPS) is 14.5. The molecule has 0 aromatic heterocycles. The molecule has 1 saturated carbocycles. The molecule has 4 nitrogen and oxygen atoms in total. The van der Waals surface area contributed by atoms with Crippen LogP contribution in [0, 0.1) is 5.92 Å². The van der Waals surface area contributed by atoms with E-state index in [0.29, 0.717) is 19.7 Å². The van der Waals surface area contributed by atoms with E-state index in [0.717, 1.165) is 12.5 Å². The van der Waals surface area contributed by atoms with Crippen LogP contribution in [0.4, 0.5) is 0 Å². The molecule has 0 aromatic carbocycles. The van der Waals surface area contributed by atoms with Gasteiger partial charge in [0.05, 0.1) is 13.2 Å². The van der Waals surface area contributed by atoms with Gasteiger partial charge in [0.2, 0.25) is 5.91 Å². The highest BCUT2D eigenvalue weighted by molar-refractivity contribution is 5.85. The zero-order chi connectivity index (χ0) is 10.4. The van der Waals surface area contributed by atoms with Gasteiger partial charge in [0.25, 0.3) is 0 Å². The molecule has 0 spiro atoms. The van der Waals surface area contributed by atoms with Crippen molar-refractivity contribution in [3.8, 4) is 0 Å². The molecule has 0 saturated heterocycles. The van der Waals surface area contributed by atoms with Gasteiger partial charge in [-0.1, -0.05) is 0 Å². The second-order valence-corrected chi connectivity index (χ2v) is 3.86. The standard InChI is InChI=1S/C10H20N2O2.ClH/c1-11-7-10(13)12(2)5-6-14-8-9-3-4-9;/h9,11H,3-8H2,1-2H3;1H. The topological polar surface area (TPSA) is 41.6 Å². The molecule has 0 bridgehead atoms. The first kappa shape index (κ1) is 14.7. The molecular weight excluding hydrogens is 216 g/mol. The van der Waals surface area contributed by atoms with Crippen molar-refractivity contribution in [1.29, 1.82) is 0 Å². The number of ether oxygens (including phenoxy) is 1. The van der Waals surface area contributed by atoms with Crippen LogP contribution >= 0.6 is 12.4 Å². The molecule has 0 aliphatic heterocycles. The first-order valence-corrected chi connectivity index (χ1v) is 5.20. The van der Waals surface area contributed by atoms with Crippen molar-refractivity contribution >= 4 is 18.3 Å². The number of halogens is 1. The van der Waals surface area contributed by atoms with Gasteiger partial charge in [-0.2, -0.15) is 0 Å². The minimum atomic E-state index is 0. The fraction of sp³-hybridized carbons (Fsp3) is 0.900. The van der Waals surface area contributed by atoms with E-state index >= 15 is 0 Å². The maximum absolute atomic E-state index is 11.3. The van der Waals surface area contributed by atoms with E-state index in [9.17, 15) is 4.79 Å². The van der Waals surface area contributed by atoms with Crippen LogP contribution in [-0.4, -0.2) is 51.2 Å². The summed E-state index contributed by atoms with van der Waals surface area (Å²) in [5, 5.41) is 2.83. The summed E-state index contributed by atoms with van der Waals surface area (Å²) in [5.74, 6) is 0.913. The summed E-state index contributed by atoms with van der Waals surface area (Å²) in [6, 6.07) is 0. The van der Waals surface area contributed by atoms with Crippen LogP contribution in [0.5, 0.6) is 0 Å². The summed E-state index contributed by atoms with van der Waals surface area (Å²) in [4.78, 5) is 13.0. The monoisotopic (exact) mass is 236 g/mol. The number of nitrogens with one attached hydrogen (secondary N) is 1. The molecule has 1 amide bonds. The van der Waals surface area contributed by atoms with E-state index in [1.54, 1.807) is 19.0 Å². The molecule has 1 rings (SSSR count). The smallest absolute Gasteiger partial charge is 0.236 e. The van der Waals surface area contributed by atoms with E-state index in [1.165, 1.54) is 12.8 Å². The van der Waals surface area contributed by atoms with Crippen molar-refractivity contribution < 1.29 is 9.53 Å². The fourth-order valence-electron chi connectivity index (χ4n) is 1.15. The fourth-order valence-corrected chi connectivity index (χ4v) is 1.15. The highest BCUT2D eigenvalue weighted by atomic mass is 35.5. The van der Waals surface area contributed by atoms with Gasteiger partial charge in [-0.3, -0.25) is 4.79 Å². The zero-order valence-corrected chi connectivity index (χ0v) is 10.3. The summed E-state index contributed by atoms with van der Waals surface area (Å²) in [5.41, 5.74) is 0. The SMILES string of the molecule is CNCC(=O)N(C)CCOCC1CC1.Cl. The quantitative estimate of drug-likeness (QED) is 0.655. The lowest BCUT2D eigenvalue weighted by atomic mass is 10.4. The molecule has 0 heterocycles. The molecule has 5 heteroatoms. The minimum Gasteiger partial charge on any atom is -0.379 e. The Kier molecular flexibility index (Phi) is 7.74. The van der Waals surface area contributed by atoms with Crippen LogP contribution in [0.3, 0.4) is 0 Å². The predicted octanol–water partition coefficient (Wildman–Crippen LogP) is 0.513. The number of carbonyl (C=O) groups excluding carboxylic acids is 1. The third-order valence-electron chi connectivity index (χ3n) is 2.38. The second kappa shape index (κ2) is 7.91. The number of rotatable bonds is 7. The average molecular weight is 237 g/mol. The van der Waals surface area contributed by atoms with Crippen molar-refractivity contribution in [2.45, 2.75) is 12.8 Å². The van der Waals surface area contributed by atoms with Gasteiger partial charge in [-0.05, 0) is 25.8 Å². The van der Waals surface area contributed by atoms with Gasteiger partial charge in [-0.15, -0.1) is 12.4 Å². The minimum absolute atomic E-state index is 0. The maximum atomic E-state index is 11.3. The van der Waals surface area contributed by atoms with E-state index in [2.05, 4.69) is 5.32 Å². The Hall–Kier alpha value is -0.320. The molecule has 1 aliphatic rings. The molecular formula is C10H21ClN2O2. The van der Waals surface area contributed by atoms with Gasteiger partial charge >= 0.3 is 0 Å².